The van der Waals surface area contributed by atoms with Crippen LogP contribution >= 0.6 is 0 Å². The van der Waals surface area contributed by atoms with Crippen LogP contribution in [0.15, 0.2) is 18.2 Å². The molecule has 6 heteroatoms. The molecule has 16 heavy (non-hydrogen) atoms. The van der Waals surface area contributed by atoms with E-state index in [2.05, 4.69) is 0 Å². The van der Waals surface area contributed by atoms with Crippen molar-refractivity contribution in [2.75, 3.05) is 6.61 Å². The summed E-state index contributed by atoms with van der Waals surface area (Å²) in [4.78, 5) is 10.1. The van der Waals surface area contributed by atoms with Crippen LogP contribution in [0, 0.1) is 17.0 Å². The minimum absolute atomic E-state index is 0.123. The van der Waals surface area contributed by atoms with Crippen LogP contribution in [-0.2, 0) is 0 Å². The summed E-state index contributed by atoms with van der Waals surface area (Å²) in [6, 6.07) is 4.22. The lowest BCUT2D eigenvalue weighted by atomic mass is 9.98. The molecule has 2 atom stereocenters. The molecule has 1 rings (SSSR count). The minimum atomic E-state index is -1.35. The Kier molecular flexibility index (Phi) is 3.94. The van der Waals surface area contributed by atoms with Gasteiger partial charge in [-0.3, -0.25) is 10.1 Å². The van der Waals surface area contributed by atoms with Crippen molar-refractivity contribution in [2.24, 2.45) is 0 Å². The fourth-order valence-corrected chi connectivity index (χ4v) is 1.47. The van der Waals surface area contributed by atoms with Crippen LogP contribution < -0.4 is 0 Å². The molecule has 6 nitrogen and oxygen atoms in total. The molecule has 0 aliphatic carbocycles. The first-order valence-corrected chi connectivity index (χ1v) is 4.70. The van der Waals surface area contributed by atoms with Gasteiger partial charge in [-0.1, -0.05) is 12.1 Å². The number of hydrogen-bond acceptors (Lipinski definition) is 5. The number of nitro benzene ring substituents is 1. The van der Waals surface area contributed by atoms with Crippen molar-refractivity contribution >= 4 is 5.69 Å². The van der Waals surface area contributed by atoms with Gasteiger partial charge in [-0.25, -0.2) is 0 Å². The van der Waals surface area contributed by atoms with E-state index in [-0.39, 0.29) is 16.8 Å². The topological polar surface area (TPSA) is 104 Å². The number of hydrogen-bond donors (Lipinski definition) is 3. The zero-order valence-corrected chi connectivity index (χ0v) is 8.70. The van der Waals surface area contributed by atoms with Gasteiger partial charge < -0.3 is 15.3 Å². The number of benzene rings is 1. The molecule has 3 N–H and O–H groups in total. The normalized spacial score (nSPS) is 14.5. The molecule has 0 aliphatic rings. The van der Waals surface area contributed by atoms with Crippen LogP contribution in [-0.4, -0.2) is 33.0 Å². The Balaban J connectivity index is 3.15. The van der Waals surface area contributed by atoms with Gasteiger partial charge in [-0.15, -0.1) is 0 Å². The highest BCUT2D eigenvalue weighted by atomic mass is 16.6. The number of nitro groups is 1. The lowest BCUT2D eigenvalue weighted by Crippen LogP contribution is -2.22. The summed E-state index contributed by atoms with van der Waals surface area (Å²) in [7, 11) is 0. The second kappa shape index (κ2) is 5.02. The van der Waals surface area contributed by atoms with Crippen molar-refractivity contribution in [3.05, 3.63) is 39.4 Å². The fourth-order valence-electron chi connectivity index (χ4n) is 1.47. The average molecular weight is 227 g/mol. The maximum atomic E-state index is 10.6. The van der Waals surface area contributed by atoms with Crippen molar-refractivity contribution in [1.29, 1.82) is 0 Å². The van der Waals surface area contributed by atoms with Crippen LogP contribution in [0.25, 0.3) is 0 Å². The second-order valence-corrected chi connectivity index (χ2v) is 3.44. The monoisotopic (exact) mass is 227 g/mol. The Morgan fingerprint density at radius 3 is 2.56 bits per heavy atom. The first-order chi connectivity index (χ1) is 7.49. The van der Waals surface area contributed by atoms with Crippen molar-refractivity contribution in [3.8, 4) is 0 Å². The zero-order valence-electron chi connectivity index (χ0n) is 8.70. The molecule has 2 unspecified atom stereocenters. The van der Waals surface area contributed by atoms with Gasteiger partial charge in [0.25, 0.3) is 5.69 Å². The van der Waals surface area contributed by atoms with E-state index in [0.29, 0.717) is 0 Å². The van der Waals surface area contributed by atoms with Gasteiger partial charge in [0.1, 0.15) is 12.2 Å². The van der Waals surface area contributed by atoms with E-state index in [1.165, 1.54) is 25.1 Å². The van der Waals surface area contributed by atoms with Crippen LogP contribution in [0.5, 0.6) is 0 Å². The Morgan fingerprint density at radius 1 is 1.44 bits per heavy atom. The number of aliphatic hydroxyl groups excluding tert-OH is 3. The molecule has 0 aliphatic heterocycles. The van der Waals surface area contributed by atoms with E-state index in [1.54, 1.807) is 0 Å². The second-order valence-electron chi connectivity index (χ2n) is 3.44. The lowest BCUT2D eigenvalue weighted by Gasteiger charge is -2.17. The Hall–Kier alpha value is -1.50. The molecule has 0 amide bonds. The van der Waals surface area contributed by atoms with E-state index in [9.17, 15) is 20.3 Å². The highest BCUT2D eigenvalue weighted by Gasteiger charge is 2.23. The van der Waals surface area contributed by atoms with Crippen molar-refractivity contribution < 1.29 is 20.2 Å². The Morgan fingerprint density at radius 2 is 2.06 bits per heavy atom. The average Bonchev–Trinajstić information content (AvgIpc) is 2.27. The van der Waals surface area contributed by atoms with Crippen LogP contribution in [0.3, 0.4) is 0 Å². The third-order valence-electron chi connectivity index (χ3n) is 2.41. The molecule has 88 valence electrons. The molecule has 0 radical (unpaired) electrons. The van der Waals surface area contributed by atoms with Gasteiger partial charge in [0.05, 0.1) is 11.5 Å². The van der Waals surface area contributed by atoms with Gasteiger partial charge in [0.2, 0.25) is 0 Å². The number of rotatable bonds is 4. The van der Waals surface area contributed by atoms with E-state index in [1.807, 2.05) is 0 Å². The van der Waals surface area contributed by atoms with E-state index >= 15 is 0 Å². The molecule has 1 aromatic rings. The summed E-state index contributed by atoms with van der Waals surface area (Å²) in [5, 5.41) is 38.2. The number of aliphatic hydroxyl groups is 3. The molecular formula is C10H13NO5. The molecule has 0 saturated carbocycles. The highest BCUT2D eigenvalue weighted by molar-refractivity contribution is 5.45. The fraction of sp³-hybridized carbons (Fsp3) is 0.400. The summed E-state index contributed by atoms with van der Waals surface area (Å²) in [5.41, 5.74) is 0.407. The van der Waals surface area contributed by atoms with Gasteiger partial charge >= 0.3 is 0 Å². The van der Waals surface area contributed by atoms with E-state index in [4.69, 9.17) is 5.11 Å². The molecule has 0 saturated heterocycles. The SMILES string of the molecule is Cc1c(C(O)C(O)CO)cccc1[N+](=O)[O-]. The summed E-state index contributed by atoms with van der Waals surface area (Å²) < 4.78 is 0. The standard InChI is InChI=1S/C10H13NO5/c1-6-7(10(14)9(13)5-12)3-2-4-8(6)11(15)16/h2-4,9-10,12-14H,5H2,1H3. The minimum Gasteiger partial charge on any atom is -0.394 e. The summed E-state index contributed by atoms with van der Waals surface area (Å²) in [6.45, 7) is 0.879. The van der Waals surface area contributed by atoms with Crippen molar-refractivity contribution in [1.82, 2.24) is 0 Å². The van der Waals surface area contributed by atoms with Gasteiger partial charge in [-0.2, -0.15) is 0 Å². The van der Waals surface area contributed by atoms with Crippen LogP contribution in [0.2, 0.25) is 0 Å². The van der Waals surface area contributed by atoms with Gasteiger partial charge in [0, 0.05) is 11.6 Å². The third-order valence-corrected chi connectivity index (χ3v) is 2.41. The molecule has 1 aromatic carbocycles. The maximum Gasteiger partial charge on any atom is 0.272 e. The molecule has 0 aromatic heterocycles. The lowest BCUT2D eigenvalue weighted by molar-refractivity contribution is -0.385. The Labute approximate surface area is 91.9 Å². The molecule has 0 fully saturated rings. The van der Waals surface area contributed by atoms with Crippen LogP contribution in [0.4, 0.5) is 5.69 Å². The maximum absolute atomic E-state index is 10.6. The van der Waals surface area contributed by atoms with E-state index < -0.39 is 23.7 Å². The third kappa shape index (κ3) is 2.35. The predicted octanol–water partition coefficient (Wildman–Crippen LogP) is 0.290. The number of nitrogens with zero attached hydrogens (tertiary/aromatic N) is 1. The quantitative estimate of drug-likeness (QED) is 0.506. The Bertz CT molecular complexity index is 393. The zero-order chi connectivity index (χ0) is 12.3. The molecular weight excluding hydrogens is 214 g/mol. The molecule has 0 spiro atoms. The summed E-state index contributed by atoms with van der Waals surface area (Å²) in [6.07, 6.45) is -2.68. The smallest absolute Gasteiger partial charge is 0.272 e. The predicted molar refractivity (Wildman–Crippen MR) is 55.9 cm³/mol. The van der Waals surface area contributed by atoms with Crippen LogP contribution in [0.1, 0.15) is 17.2 Å². The first kappa shape index (κ1) is 12.6. The van der Waals surface area contributed by atoms with Gasteiger partial charge in [-0.05, 0) is 12.5 Å². The summed E-state index contributed by atoms with van der Waals surface area (Å²) in [5.74, 6) is 0. The summed E-state index contributed by atoms with van der Waals surface area (Å²) >= 11 is 0. The highest BCUT2D eigenvalue weighted by Crippen LogP contribution is 2.27. The van der Waals surface area contributed by atoms with Crippen molar-refractivity contribution in [2.45, 2.75) is 19.1 Å². The molecule has 0 heterocycles. The first-order valence-electron chi connectivity index (χ1n) is 4.70. The largest absolute Gasteiger partial charge is 0.394 e. The molecule has 0 bridgehead atoms. The van der Waals surface area contributed by atoms with Gasteiger partial charge in [0.15, 0.2) is 0 Å². The van der Waals surface area contributed by atoms with Crippen molar-refractivity contribution in [3.63, 3.8) is 0 Å². The van der Waals surface area contributed by atoms with E-state index in [0.717, 1.165) is 0 Å².